The molecule has 4 aromatic heterocycles. The van der Waals surface area contributed by atoms with Crippen LogP contribution in [0.1, 0.15) is 22.5 Å². The van der Waals surface area contributed by atoms with Gasteiger partial charge in [-0.15, -0.1) is 0 Å². The summed E-state index contributed by atoms with van der Waals surface area (Å²) in [5.74, 6) is 0.801. The van der Waals surface area contributed by atoms with Gasteiger partial charge >= 0.3 is 0 Å². The van der Waals surface area contributed by atoms with Gasteiger partial charge in [-0.1, -0.05) is 11.8 Å². The van der Waals surface area contributed by atoms with Gasteiger partial charge in [-0.3, -0.25) is 14.8 Å². The maximum atomic E-state index is 12.9. The van der Waals surface area contributed by atoms with Crippen LogP contribution in [0.15, 0.2) is 35.7 Å². The van der Waals surface area contributed by atoms with Gasteiger partial charge in [-0.05, 0) is 26.0 Å². The standard InChI is InChI=1S/C22H22N8O2S/c1-11-8-25-15(12(2)18(11)32-3)10-30-19-17-14(29-30)7-16(33-21(17)28-22(23)27-19)20(31)26-13-5-4-6-24-9-13/h4-6,8-9,16H,7,10H2,1-3H3,(H,26,31)(H2,23,27,28). The van der Waals surface area contributed by atoms with Crippen LogP contribution in [-0.4, -0.2) is 48.0 Å². The number of hydrogen-bond acceptors (Lipinski definition) is 9. The maximum Gasteiger partial charge on any atom is 0.238 e. The molecule has 1 aliphatic heterocycles. The molecule has 4 aromatic rings. The van der Waals surface area contributed by atoms with Crippen LogP contribution in [0.3, 0.4) is 0 Å². The van der Waals surface area contributed by atoms with Gasteiger partial charge in [-0.2, -0.15) is 10.1 Å². The number of anilines is 2. The van der Waals surface area contributed by atoms with E-state index >= 15 is 0 Å². The minimum atomic E-state index is -0.405. The Morgan fingerprint density at radius 1 is 1.33 bits per heavy atom. The van der Waals surface area contributed by atoms with Crippen LogP contribution in [0, 0.1) is 13.8 Å². The number of aromatic nitrogens is 6. The second kappa shape index (κ2) is 8.32. The summed E-state index contributed by atoms with van der Waals surface area (Å²) in [5.41, 5.74) is 10.8. The highest BCUT2D eigenvalue weighted by Gasteiger charge is 2.32. The lowest BCUT2D eigenvalue weighted by molar-refractivity contribution is -0.115. The molecule has 0 saturated carbocycles. The molecule has 33 heavy (non-hydrogen) atoms. The Kier molecular flexibility index (Phi) is 5.33. The molecule has 1 unspecified atom stereocenters. The first-order valence-corrected chi connectivity index (χ1v) is 11.2. The molecule has 0 fully saturated rings. The second-order valence-corrected chi connectivity index (χ2v) is 8.97. The van der Waals surface area contributed by atoms with E-state index in [2.05, 4.69) is 25.3 Å². The van der Waals surface area contributed by atoms with Gasteiger partial charge in [0.2, 0.25) is 11.9 Å². The molecule has 10 nitrogen and oxygen atoms in total. The van der Waals surface area contributed by atoms with Crippen LogP contribution in [-0.2, 0) is 17.8 Å². The highest BCUT2D eigenvalue weighted by atomic mass is 32.2. The van der Waals surface area contributed by atoms with Gasteiger partial charge < -0.3 is 15.8 Å². The highest BCUT2D eigenvalue weighted by molar-refractivity contribution is 8.00. The van der Waals surface area contributed by atoms with E-state index in [1.54, 1.807) is 42.5 Å². The number of carbonyl (C=O) groups is 1. The van der Waals surface area contributed by atoms with Crippen molar-refractivity contribution in [1.29, 1.82) is 0 Å². The number of amides is 1. The molecule has 3 N–H and O–H groups in total. The van der Waals surface area contributed by atoms with Crippen molar-refractivity contribution in [3.8, 4) is 5.75 Å². The molecule has 1 amide bonds. The molecule has 0 aromatic carbocycles. The van der Waals surface area contributed by atoms with Crippen molar-refractivity contribution in [1.82, 2.24) is 29.7 Å². The fourth-order valence-corrected chi connectivity index (χ4v) is 5.15. The largest absolute Gasteiger partial charge is 0.496 e. The summed E-state index contributed by atoms with van der Waals surface area (Å²) in [5, 5.41) is 8.77. The normalized spacial score (nSPS) is 14.9. The zero-order chi connectivity index (χ0) is 23.1. The van der Waals surface area contributed by atoms with Crippen molar-refractivity contribution in [2.24, 2.45) is 0 Å². The van der Waals surface area contributed by atoms with E-state index in [1.807, 2.05) is 13.8 Å². The Morgan fingerprint density at radius 2 is 2.18 bits per heavy atom. The summed E-state index contributed by atoms with van der Waals surface area (Å²) in [7, 11) is 1.65. The van der Waals surface area contributed by atoms with Crippen LogP contribution in [0.25, 0.3) is 11.0 Å². The average molecular weight is 463 g/mol. The first-order valence-electron chi connectivity index (χ1n) is 10.3. The summed E-state index contributed by atoms with van der Waals surface area (Å²) >= 11 is 1.37. The van der Waals surface area contributed by atoms with Gasteiger partial charge in [-0.25, -0.2) is 9.67 Å². The predicted molar refractivity (Wildman–Crippen MR) is 125 cm³/mol. The molecule has 0 bridgehead atoms. The number of nitrogens with zero attached hydrogens (tertiary/aromatic N) is 6. The van der Waals surface area contributed by atoms with E-state index in [9.17, 15) is 4.79 Å². The molecule has 0 saturated heterocycles. The summed E-state index contributed by atoms with van der Waals surface area (Å²) in [6.45, 7) is 4.33. The monoisotopic (exact) mass is 462 g/mol. The van der Waals surface area contributed by atoms with Crippen molar-refractivity contribution < 1.29 is 9.53 Å². The number of pyridine rings is 2. The quantitative estimate of drug-likeness (QED) is 0.429. The number of methoxy groups -OCH3 is 1. The van der Waals surface area contributed by atoms with Gasteiger partial charge in [0.05, 0.1) is 47.6 Å². The first-order chi connectivity index (χ1) is 15.9. The second-order valence-electron chi connectivity index (χ2n) is 7.78. The van der Waals surface area contributed by atoms with Crippen LogP contribution >= 0.6 is 11.8 Å². The molecule has 0 radical (unpaired) electrons. The number of nitrogen functional groups attached to an aromatic ring is 1. The molecule has 11 heteroatoms. The minimum absolute atomic E-state index is 0.136. The third-order valence-electron chi connectivity index (χ3n) is 5.55. The third kappa shape index (κ3) is 3.84. The van der Waals surface area contributed by atoms with E-state index in [4.69, 9.17) is 15.6 Å². The number of rotatable bonds is 5. The van der Waals surface area contributed by atoms with Crippen LogP contribution in [0.4, 0.5) is 11.6 Å². The molecule has 5 rings (SSSR count). The SMILES string of the molecule is COc1c(C)cnc(Cn2nc3c4c(nc(N)nc42)SC(C(=O)Nc2cccnc2)C3)c1C. The lowest BCUT2D eigenvalue weighted by atomic mass is 10.1. The smallest absolute Gasteiger partial charge is 0.238 e. The number of ether oxygens (including phenoxy) is 1. The van der Waals surface area contributed by atoms with Crippen molar-refractivity contribution in [3.05, 3.63) is 53.2 Å². The van der Waals surface area contributed by atoms with E-state index in [0.717, 1.165) is 33.7 Å². The third-order valence-corrected chi connectivity index (χ3v) is 6.74. The van der Waals surface area contributed by atoms with E-state index in [0.29, 0.717) is 29.3 Å². The average Bonchev–Trinajstić information content (AvgIpc) is 3.14. The van der Waals surface area contributed by atoms with Crippen LogP contribution < -0.4 is 15.8 Å². The van der Waals surface area contributed by atoms with E-state index in [1.165, 1.54) is 11.8 Å². The number of carbonyl (C=O) groups excluding carboxylic acids is 1. The van der Waals surface area contributed by atoms with E-state index in [-0.39, 0.29) is 11.9 Å². The Hall–Kier alpha value is -3.73. The molecule has 1 atom stereocenters. The fourth-order valence-electron chi connectivity index (χ4n) is 4.00. The molecule has 168 valence electrons. The lowest BCUT2D eigenvalue weighted by Gasteiger charge is -2.19. The molecular weight excluding hydrogens is 440 g/mol. The topological polar surface area (TPSA) is 134 Å². The molecule has 5 heterocycles. The minimum Gasteiger partial charge on any atom is -0.496 e. The molecule has 0 aliphatic carbocycles. The zero-order valence-electron chi connectivity index (χ0n) is 18.4. The Balaban J connectivity index is 1.49. The number of aryl methyl sites for hydroxylation is 1. The number of thioether (sulfide) groups is 1. The maximum absolute atomic E-state index is 12.9. The molecule has 0 spiro atoms. The van der Waals surface area contributed by atoms with Gasteiger partial charge in [0.25, 0.3) is 0 Å². The van der Waals surface area contributed by atoms with Gasteiger partial charge in [0, 0.05) is 29.9 Å². The van der Waals surface area contributed by atoms with Gasteiger partial charge in [0.1, 0.15) is 10.8 Å². The van der Waals surface area contributed by atoms with Crippen molar-refractivity contribution >= 4 is 40.3 Å². The highest BCUT2D eigenvalue weighted by Crippen LogP contribution is 2.39. The van der Waals surface area contributed by atoms with E-state index < -0.39 is 5.25 Å². The molecule has 1 aliphatic rings. The lowest BCUT2D eigenvalue weighted by Crippen LogP contribution is -2.29. The van der Waals surface area contributed by atoms with Gasteiger partial charge in [0.15, 0.2) is 5.65 Å². The summed E-state index contributed by atoms with van der Waals surface area (Å²) in [4.78, 5) is 30.4. The number of nitrogens with two attached hydrogens (primary N) is 1. The van der Waals surface area contributed by atoms with Crippen molar-refractivity contribution in [2.45, 2.75) is 37.1 Å². The zero-order valence-corrected chi connectivity index (χ0v) is 19.2. The first kappa shape index (κ1) is 21.1. The van der Waals surface area contributed by atoms with Crippen molar-refractivity contribution in [2.75, 3.05) is 18.2 Å². The number of hydrogen-bond donors (Lipinski definition) is 2. The summed E-state index contributed by atoms with van der Waals surface area (Å²) in [6.07, 6.45) is 5.50. The Labute approximate surface area is 194 Å². The predicted octanol–water partition coefficient (Wildman–Crippen LogP) is 2.53. The summed E-state index contributed by atoms with van der Waals surface area (Å²) in [6, 6.07) is 3.57. The van der Waals surface area contributed by atoms with Crippen molar-refractivity contribution in [3.63, 3.8) is 0 Å². The fraction of sp³-hybridized carbons (Fsp3) is 0.273. The Morgan fingerprint density at radius 3 is 2.94 bits per heavy atom. The summed E-state index contributed by atoms with van der Waals surface area (Å²) < 4.78 is 7.31. The van der Waals surface area contributed by atoms with Crippen LogP contribution in [0.5, 0.6) is 5.75 Å². The Bertz CT molecular complexity index is 1370. The number of nitrogens with one attached hydrogen (secondary N) is 1. The van der Waals surface area contributed by atoms with Crippen LogP contribution in [0.2, 0.25) is 0 Å². The molecular formula is C22H22N8O2S.